The third-order valence-corrected chi connectivity index (χ3v) is 2.64. The molecular weight excluding hydrogens is 249 g/mol. The molecule has 0 saturated carbocycles. The summed E-state index contributed by atoms with van der Waals surface area (Å²) in [6.07, 6.45) is 2.16. The van der Waals surface area contributed by atoms with E-state index in [1.165, 1.54) is 0 Å². The topological polar surface area (TPSA) is 57.8 Å². The Hall–Kier alpha value is -0.580. The molecule has 2 rings (SSSR count). The van der Waals surface area contributed by atoms with Gasteiger partial charge in [-0.1, -0.05) is 0 Å². The Kier molecular flexibility index (Phi) is 6.64. The van der Waals surface area contributed by atoms with Crippen LogP contribution in [0.2, 0.25) is 0 Å². The molecule has 1 aromatic rings. The van der Waals surface area contributed by atoms with E-state index in [1.807, 2.05) is 6.92 Å². The molecule has 1 fully saturated rings. The number of aromatic amines is 1. The zero-order chi connectivity index (χ0) is 9.97. The van der Waals surface area contributed by atoms with E-state index in [4.69, 9.17) is 0 Å². The van der Waals surface area contributed by atoms with E-state index >= 15 is 0 Å². The number of hydrogen-bond acceptors (Lipinski definition) is 3. The Morgan fingerprint density at radius 1 is 1.31 bits per heavy atom. The number of aryl methyl sites for hydroxylation is 1. The summed E-state index contributed by atoms with van der Waals surface area (Å²) in [7, 11) is 0. The van der Waals surface area contributed by atoms with Gasteiger partial charge in [0.05, 0.1) is 5.69 Å². The Morgan fingerprint density at radius 2 is 1.94 bits per heavy atom. The summed E-state index contributed by atoms with van der Waals surface area (Å²) in [5, 5.41) is 3.30. The molecule has 1 saturated heterocycles. The van der Waals surface area contributed by atoms with Crippen LogP contribution in [0.1, 0.15) is 30.3 Å². The van der Waals surface area contributed by atoms with Crippen LogP contribution in [0.25, 0.3) is 0 Å². The molecule has 0 unspecified atom stereocenters. The first-order valence-electron chi connectivity index (χ1n) is 5.04. The van der Waals surface area contributed by atoms with Gasteiger partial charge in [-0.3, -0.25) is 4.79 Å². The fourth-order valence-corrected chi connectivity index (χ4v) is 1.93. The molecule has 0 spiro atoms. The second-order valence-corrected chi connectivity index (χ2v) is 3.78. The van der Waals surface area contributed by atoms with Gasteiger partial charge in [0, 0.05) is 12.0 Å². The van der Waals surface area contributed by atoms with Crippen molar-refractivity contribution in [2.45, 2.75) is 25.7 Å². The summed E-state index contributed by atoms with van der Waals surface area (Å²) in [6.45, 7) is 3.88. The van der Waals surface area contributed by atoms with E-state index in [0.29, 0.717) is 11.7 Å². The van der Waals surface area contributed by atoms with Crippen molar-refractivity contribution in [3.63, 3.8) is 0 Å². The first kappa shape index (κ1) is 15.4. The molecule has 0 atom stereocenters. The standard InChI is InChI=1S/C10H15N3O.2ClH/c1-7-12-9(6-10(14)13-7)8-2-4-11-5-3-8;;/h6,8,11H,2-5H2,1H3,(H,12,13,14);2*1H. The molecule has 0 amide bonds. The van der Waals surface area contributed by atoms with E-state index < -0.39 is 0 Å². The molecule has 2 N–H and O–H groups in total. The molecule has 6 heteroatoms. The minimum atomic E-state index is -0.0361. The number of piperidine rings is 1. The van der Waals surface area contributed by atoms with Gasteiger partial charge in [0.2, 0.25) is 0 Å². The summed E-state index contributed by atoms with van der Waals surface area (Å²) >= 11 is 0. The monoisotopic (exact) mass is 265 g/mol. The summed E-state index contributed by atoms with van der Waals surface area (Å²) in [5.41, 5.74) is 0.916. The summed E-state index contributed by atoms with van der Waals surface area (Å²) in [4.78, 5) is 18.3. The molecule has 4 nitrogen and oxygen atoms in total. The molecule has 1 aliphatic rings. The predicted octanol–water partition coefficient (Wildman–Crippen LogP) is 1.39. The van der Waals surface area contributed by atoms with Crippen molar-refractivity contribution >= 4 is 24.8 Å². The number of nitrogens with one attached hydrogen (secondary N) is 2. The number of H-pyrrole nitrogens is 1. The van der Waals surface area contributed by atoms with Crippen molar-refractivity contribution in [3.05, 3.63) is 27.9 Å². The molecule has 1 aromatic heterocycles. The number of aromatic nitrogens is 2. The minimum Gasteiger partial charge on any atom is -0.317 e. The van der Waals surface area contributed by atoms with Crippen molar-refractivity contribution in [1.29, 1.82) is 0 Å². The zero-order valence-corrected chi connectivity index (χ0v) is 10.8. The molecule has 2 heterocycles. The number of hydrogen-bond donors (Lipinski definition) is 2. The Labute approximate surface area is 107 Å². The third kappa shape index (κ3) is 3.77. The largest absolute Gasteiger partial charge is 0.317 e. The van der Waals surface area contributed by atoms with Crippen molar-refractivity contribution in [2.24, 2.45) is 0 Å². The lowest BCUT2D eigenvalue weighted by Crippen LogP contribution is -2.28. The van der Waals surface area contributed by atoms with Crippen molar-refractivity contribution in [2.75, 3.05) is 13.1 Å². The van der Waals surface area contributed by atoms with Crippen LogP contribution < -0.4 is 10.9 Å². The van der Waals surface area contributed by atoms with Crippen LogP contribution in [-0.2, 0) is 0 Å². The van der Waals surface area contributed by atoms with Gasteiger partial charge in [0.25, 0.3) is 5.56 Å². The van der Waals surface area contributed by atoms with E-state index in [9.17, 15) is 4.79 Å². The average molecular weight is 266 g/mol. The molecule has 92 valence electrons. The molecule has 0 bridgehead atoms. The highest BCUT2D eigenvalue weighted by molar-refractivity contribution is 5.85. The Morgan fingerprint density at radius 3 is 2.50 bits per heavy atom. The maximum Gasteiger partial charge on any atom is 0.251 e. The highest BCUT2D eigenvalue weighted by Gasteiger charge is 2.16. The van der Waals surface area contributed by atoms with E-state index in [-0.39, 0.29) is 30.4 Å². The quantitative estimate of drug-likeness (QED) is 0.807. The predicted molar refractivity (Wildman–Crippen MR) is 68.9 cm³/mol. The highest BCUT2D eigenvalue weighted by atomic mass is 35.5. The lowest BCUT2D eigenvalue weighted by molar-refractivity contribution is 0.451. The summed E-state index contributed by atoms with van der Waals surface area (Å²) in [5.74, 6) is 1.17. The van der Waals surface area contributed by atoms with Crippen LogP contribution in [0.4, 0.5) is 0 Å². The van der Waals surface area contributed by atoms with Gasteiger partial charge >= 0.3 is 0 Å². The van der Waals surface area contributed by atoms with Crippen LogP contribution in [0, 0.1) is 6.92 Å². The second-order valence-electron chi connectivity index (χ2n) is 3.78. The van der Waals surface area contributed by atoms with Gasteiger partial charge in [-0.05, 0) is 32.9 Å². The minimum absolute atomic E-state index is 0. The first-order valence-corrected chi connectivity index (χ1v) is 5.04. The maximum absolute atomic E-state index is 11.2. The van der Waals surface area contributed by atoms with E-state index in [0.717, 1.165) is 31.6 Å². The normalized spacial score (nSPS) is 16.1. The number of nitrogens with zero attached hydrogens (tertiary/aromatic N) is 1. The fourth-order valence-electron chi connectivity index (χ4n) is 1.93. The molecule has 0 aromatic carbocycles. The second kappa shape index (κ2) is 6.89. The van der Waals surface area contributed by atoms with Gasteiger partial charge in [0.1, 0.15) is 5.82 Å². The van der Waals surface area contributed by atoms with Gasteiger partial charge in [-0.15, -0.1) is 24.8 Å². The van der Waals surface area contributed by atoms with Crippen molar-refractivity contribution in [1.82, 2.24) is 15.3 Å². The summed E-state index contributed by atoms with van der Waals surface area (Å²) < 4.78 is 0. The van der Waals surface area contributed by atoms with Crippen LogP contribution in [0.5, 0.6) is 0 Å². The van der Waals surface area contributed by atoms with E-state index in [2.05, 4.69) is 15.3 Å². The van der Waals surface area contributed by atoms with Gasteiger partial charge in [-0.2, -0.15) is 0 Å². The van der Waals surface area contributed by atoms with Crippen molar-refractivity contribution < 1.29 is 0 Å². The first-order chi connectivity index (χ1) is 6.75. The fraction of sp³-hybridized carbons (Fsp3) is 0.600. The Balaban J connectivity index is 0.00000112. The van der Waals surface area contributed by atoms with Crippen LogP contribution in [-0.4, -0.2) is 23.1 Å². The maximum atomic E-state index is 11.2. The number of rotatable bonds is 1. The molecule has 1 aliphatic heterocycles. The third-order valence-electron chi connectivity index (χ3n) is 2.64. The highest BCUT2D eigenvalue weighted by Crippen LogP contribution is 2.21. The summed E-state index contributed by atoms with van der Waals surface area (Å²) in [6, 6.07) is 1.63. The van der Waals surface area contributed by atoms with Crippen LogP contribution >= 0.6 is 24.8 Å². The molecular formula is C10H17Cl2N3O. The van der Waals surface area contributed by atoms with E-state index in [1.54, 1.807) is 6.07 Å². The lowest BCUT2D eigenvalue weighted by atomic mass is 9.94. The van der Waals surface area contributed by atoms with Crippen LogP contribution in [0.15, 0.2) is 10.9 Å². The van der Waals surface area contributed by atoms with Crippen molar-refractivity contribution in [3.8, 4) is 0 Å². The van der Waals surface area contributed by atoms with Gasteiger partial charge in [-0.25, -0.2) is 4.98 Å². The zero-order valence-electron chi connectivity index (χ0n) is 9.16. The average Bonchev–Trinajstić information content (AvgIpc) is 2.18. The van der Waals surface area contributed by atoms with Crippen LogP contribution in [0.3, 0.4) is 0 Å². The Bertz CT molecular complexity index is 375. The molecule has 16 heavy (non-hydrogen) atoms. The van der Waals surface area contributed by atoms with Gasteiger partial charge in [0.15, 0.2) is 0 Å². The SMILES string of the molecule is Cc1nc(C2CCNCC2)cc(=O)[nH]1.Cl.Cl. The number of halogens is 2. The molecule has 0 radical (unpaired) electrons. The molecule has 0 aliphatic carbocycles. The lowest BCUT2D eigenvalue weighted by Gasteiger charge is -2.21. The smallest absolute Gasteiger partial charge is 0.251 e. The van der Waals surface area contributed by atoms with Gasteiger partial charge < -0.3 is 10.3 Å².